The molecule has 4 rings (SSSR count). The number of hydrogen-bond acceptors (Lipinski definition) is 5. The lowest BCUT2D eigenvalue weighted by atomic mass is 10.1. The molecular weight excluding hydrogens is 433 g/mol. The number of hydrogen-bond donors (Lipinski definition) is 1. The molecule has 7 heteroatoms. The Morgan fingerprint density at radius 1 is 1.09 bits per heavy atom. The van der Waals surface area contributed by atoms with Gasteiger partial charge in [-0.1, -0.05) is 49.7 Å². The van der Waals surface area contributed by atoms with Crippen molar-refractivity contribution in [3.8, 4) is 22.9 Å². The van der Waals surface area contributed by atoms with E-state index in [0.717, 1.165) is 29.0 Å². The molecular formula is C27H30FN3O3. The number of aryl methyl sites for hydroxylation is 1. The molecule has 0 saturated carbocycles. The Labute approximate surface area is 199 Å². The van der Waals surface area contributed by atoms with E-state index in [2.05, 4.69) is 11.8 Å². The van der Waals surface area contributed by atoms with Crippen molar-refractivity contribution in [2.45, 2.75) is 39.0 Å². The second-order valence-electron chi connectivity index (χ2n) is 8.37. The maximum absolute atomic E-state index is 13.8. The zero-order chi connectivity index (χ0) is 23.9. The van der Waals surface area contributed by atoms with Gasteiger partial charge < -0.3 is 14.3 Å². The average Bonchev–Trinajstić information content (AvgIpc) is 3.43. The lowest BCUT2D eigenvalue weighted by molar-refractivity contribution is 0.0928. The number of rotatable bonds is 11. The molecule has 0 fully saturated rings. The molecule has 34 heavy (non-hydrogen) atoms. The van der Waals surface area contributed by atoms with E-state index in [4.69, 9.17) is 14.3 Å². The van der Waals surface area contributed by atoms with E-state index in [-0.39, 0.29) is 5.82 Å². The molecule has 0 unspecified atom stereocenters. The van der Waals surface area contributed by atoms with Crippen LogP contribution in [0.4, 0.5) is 4.39 Å². The minimum atomic E-state index is -0.468. The van der Waals surface area contributed by atoms with Crippen LogP contribution in [0.25, 0.3) is 11.3 Å². The van der Waals surface area contributed by atoms with Gasteiger partial charge >= 0.3 is 0 Å². The minimum Gasteiger partial charge on any atom is -0.468 e. The Morgan fingerprint density at radius 2 is 1.91 bits per heavy atom. The van der Waals surface area contributed by atoms with Crippen LogP contribution in [0.5, 0.6) is 11.6 Å². The summed E-state index contributed by atoms with van der Waals surface area (Å²) in [6, 6.07) is 19.7. The molecule has 0 bridgehead atoms. The first kappa shape index (κ1) is 23.7. The van der Waals surface area contributed by atoms with Crippen molar-refractivity contribution in [3.05, 3.63) is 90.1 Å². The molecule has 0 radical (unpaired) electrons. The SMILES string of the molecule is CCC[C@H](O)CN(Cc1ccco1)Cc1c(-c2ccccc2)nn(C)c1Oc1cccc(F)c1. The number of ether oxygens (including phenoxy) is 1. The van der Waals surface area contributed by atoms with Crippen LogP contribution in [0.2, 0.25) is 0 Å². The Hall–Kier alpha value is -3.42. The Morgan fingerprint density at radius 3 is 2.62 bits per heavy atom. The van der Waals surface area contributed by atoms with E-state index in [1.807, 2.05) is 49.5 Å². The van der Waals surface area contributed by atoms with Gasteiger partial charge in [-0.15, -0.1) is 0 Å². The van der Waals surface area contributed by atoms with Gasteiger partial charge in [-0.25, -0.2) is 9.07 Å². The zero-order valence-electron chi connectivity index (χ0n) is 19.5. The van der Waals surface area contributed by atoms with E-state index >= 15 is 0 Å². The molecule has 4 aromatic rings. The largest absolute Gasteiger partial charge is 0.468 e. The lowest BCUT2D eigenvalue weighted by Gasteiger charge is -2.24. The fraction of sp³-hybridized carbons (Fsp3) is 0.296. The van der Waals surface area contributed by atoms with Gasteiger partial charge in [0.1, 0.15) is 23.0 Å². The number of aromatic nitrogens is 2. The summed E-state index contributed by atoms with van der Waals surface area (Å²) in [4.78, 5) is 2.13. The molecule has 0 amide bonds. The summed E-state index contributed by atoms with van der Waals surface area (Å²) in [5.41, 5.74) is 2.59. The van der Waals surface area contributed by atoms with Crippen LogP contribution in [0.3, 0.4) is 0 Å². The molecule has 2 aromatic carbocycles. The Balaban J connectivity index is 1.72. The van der Waals surface area contributed by atoms with Crippen molar-refractivity contribution in [1.82, 2.24) is 14.7 Å². The normalized spacial score (nSPS) is 12.3. The Bertz CT molecular complexity index is 1180. The predicted octanol–water partition coefficient (Wildman–Crippen LogP) is 5.77. The van der Waals surface area contributed by atoms with E-state index in [1.165, 1.54) is 12.1 Å². The highest BCUT2D eigenvalue weighted by Crippen LogP contribution is 2.34. The van der Waals surface area contributed by atoms with Gasteiger partial charge in [0.25, 0.3) is 0 Å². The first-order valence-electron chi connectivity index (χ1n) is 11.5. The number of aliphatic hydroxyl groups excluding tert-OH is 1. The minimum absolute atomic E-state index is 0.369. The second kappa shape index (κ2) is 11.1. The van der Waals surface area contributed by atoms with Gasteiger partial charge in [0.2, 0.25) is 5.88 Å². The first-order valence-corrected chi connectivity index (χ1v) is 11.5. The average molecular weight is 464 g/mol. The molecule has 178 valence electrons. The molecule has 0 spiro atoms. The number of benzene rings is 2. The maximum atomic E-state index is 13.8. The molecule has 2 aromatic heterocycles. The van der Waals surface area contributed by atoms with Gasteiger partial charge in [0.05, 0.1) is 24.5 Å². The summed E-state index contributed by atoms with van der Waals surface area (Å²) < 4.78 is 27.3. The number of furan rings is 1. The highest BCUT2D eigenvalue weighted by atomic mass is 19.1. The molecule has 0 aliphatic heterocycles. The quantitative estimate of drug-likeness (QED) is 0.306. The topological polar surface area (TPSA) is 63.7 Å². The zero-order valence-corrected chi connectivity index (χ0v) is 19.5. The standard InChI is InChI=1S/C27H30FN3O3/c1-3-9-22(32)17-31(18-24-14-8-15-33-24)19-25-26(20-10-5-4-6-11-20)29-30(2)27(25)34-23-13-7-12-21(28)16-23/h4-8,10-16,22,32H,3,9,17-19H2,1-2H3/t22-/m0/s1. The fourth-order valence-electron chi connectivity index (χ4n) is 4.05. The fourth-order valence-corrected chi connectivity index (χ4v) is 4.05. The number of nitrogens with zero attached hydrogens (tertiary/aromatic N) is 3. The van der Waals surface area contributed by atoms with Crippen LogP contribution in [-0.4, -0.2) is 32.4 Å². The summed E-state index contributed by atoms with van der Waals surface area (Å²) in [5.74, 6) is 1.36. The molecule has 1 N–H and O–H groups in total. The highest BCUT2D eigenvalue weighted by molar-refractivity contribution is 5.65. The van der Waals surface area contributed by atoms with Crippen LogP contribution >= 0.6 is 0 Å². The van der Waals surface area contributed by atoms with Crippen molar-refractivity contribution >= 4 is 0 Å². The van der Waals surface area contributed by atoms with Gasteiger partial charge in [0.15, 0.2) is 0 Å². The van der Waals surface area contributed by atoms with Crippen molar-refractivity contribution in [1.29, 1.82) is 0 Å². The molecule has 0 aliphatic rings. The number of aliphatic hydroxyl groups is 1. The summed E-state index contributed by atoms with van der Waals surface area (Å²) >= 11 is 0. The van der Waals surface area contributed by atoms with E-state index in [0.29, 0.717) is 37.7 Å². The monoisotopic (exact) mass is 463 g/mol. The third-order valence-electron chi connectivity index (χ3n) is 5.58. The second-order valence-corrected chi connectivity index (χ2v) is 8.37. The van der Waals surface area contributed by atoms with E-state index in [9.17, 15) is 9.50 Å². The van der Waals surface area contributed by atoms with Gasteiger partial charge in [-0.05, 0) is 30.7 Å². The van der Waals surface area contributed by atoms with E-state index in [1.54, 1.807) is 23.1 Å². The van der Waals surface area contributed by atoms with Gasteiger partial charge in [-0.2, -0.15) is 5.10 Å². The maximum Gasteiger partial charge on any atom is 0.222 e. The molecule has 0 saturated heterocycles. The summed E-state index contributed by atoms with van der Waals surface area (Å²) in [6.07, 6.45) is 2.78. The smallest absolute Gasteiger partial charge is 0.222 e. The summed E-state index contributed by atoms with van der Waals surface area (Å²) in [6.45, 7) is 3.51. The van der Waals surface area contributed by atoms with Crippen molar-refractivity contribution in [2.24, 2.45) is 7.05 Å². The van der Waals surface area contributed by atoms with Crippen LogP contribution in [0.15, 0.2) is 77.4 Å². The van der Waals surface area contributed by atoms with E-state index < -0.39 is 6.10 Å². The molecule has 2 heterocycles. The van der Waals surface area contributed by atoms with Crippen molar-refractivity contribution < 1.29 is 18.7 Å². The van der Waals surface area contributed by atoms with Crippen LogP contribution in [0.1, 0.15) is 31.1 Å². The third kappa shape index (κ3) is 5.92. The van der Waals surface area contributed by atoms with Crippen LogP contribution < -0.4 is 4.74 Å². The predicted molar refractivity (Wildman–Crippen MR) is 129 cm³/mol. The molecule has 0 aliphatic carbocycles. The van der Waals surface area contributed by atoms with Gasteiger partial charge in [-0.3, -0.25) is 4.90 Å². The summed E-state index contributed by atoms with van der Waals surface area (Å²) in [5, 5.41) is 15.3. The molecule has 1 atom stereocenters. The van der Waals surface area contributed by atoms with Gasteiger partial charge in [0, 0.05) is 31.8 Å². The Kier molecular flexibility index (Phi) is 7.77. The molecule has 6 nitrogen and oxygen atoms in total. The first-order chi connectivity index (χ1) is 16.5. The number of halogens is 1. The van der Waals surface area contributed by atoms with Crippen molar-refractivity contribution in [3.63, 3.8) is 0 Å². The third-order valence-corrected chi connectivity index (χ3v) is 5.58. The van der Waals surface area contributed by atoms with Crippen molar-refractivity contribution in [2.75, 3.05) is 6.54 Å². The highest BCUT2D eigenvalue weighted by Gasteiger charge is 2.24. The lowest BCUT2D eigenvalue weighted by Crippen LogP contribution is -2.31. The van der Waals surface area contributed by atoms with Crippen LogP contribution in [0, 0.1) is 5.82 Å². The summed E-state index contributed by atoms with van der Waals surface area (Å²) in [7, 11) is 1.81. The van der Waals surface area contributed by atoms with Crippen LogP contribution in [-0.2, 0) is 20.1 Å².